The fraction of sp³-hybridized carbons (Fsp3) is 0.500. The van der Waals surface area contributed by atoms with Crippen LogP contribution < -0.4 is 4.57 Å². The number of hydrogen-bond acceptors (Lipinski definition) is 0. The number of pyridine rings is 1. The van der Waals surface area contributed by atoms with Crippen LogP contribution in [0.3, 0.4) is 0 Å². The molecular weight excluding hydrogens is 197 g/mol. The third kappa shape index (κ3) is 6.10. The first-order chi connectivity index (χ1) is 5.33. The van der Waals surface area contributed by atoms with Crippen LogP contribution in [0.4, 0.5) is 0 Å². The molecule has 0 spiro atoms. The first-order valence-electron chi connectivity index (χ1n) is 4.28. The van der Waals surface area contributed by atoms with Gasteiger partial charge in [-0.05, 0) is 13.0 Å². The summed E-state index contributed by atoms with van der Waals surface area (Å²) in [7, 11) is 0. The van der Waals surface area contributed by atoms with E-state index < -0.39 is 0 Å². The third-order valence-corrected chi connectivity index (χ3v) is 1.78. The quantitative estimate of drug-likeness (QED) is 0.530. The molecule has 0 aliphatic rings. The number of rotatable bonds is 3. The van der Waals surface area contributed by atoms with E-state index in [0.29, 0.717) is 0 Å². The molecule has 0 saturated heterocycles. The minimum atomic E-state index is 0. The summed E-state index contributed by atoms with van der Waals surface area (Å²) in [6, 6.07) is 4.23. The smallest absolute Gasteiger partial charge is 0.187 e. The van der Waals surface area contributed by atoms with Crippen LogP contribution in [0.5, 0.6) is 0 Å². The van der Waals surface area contributed by atoms with Crippen molar-refractivity contribution < 1.29 is 4.57 Å². The molecule has 0 fully saturated rings. The molecule has 1 aromatic heterocycles. The molecule has 0 unspecified atom stereocenters. The van der Waals surface area contributed by atoms with Crippen molar-refractivity contribution in [3.05, 3.63) is 30.1 Å². The minimum absolute atomic E-state index is 0. The largest absolute Gasteiger partial charge is 0.205 e. The molecule has 0 radical (unpaired) electrons. The zero-order valence-electron chi connectivity index (χ0n) is 7.79. The Morgan fingerprint density at radius 3 is 2.62 bits per heavy atom. The van der Waals surface area contributed by atoms with Crippen LogP contribution in [0.25, 0.3) is 0 Å². The normalized spacial score (nSPS) is 8.46. The lowest BCUT2D eigenvalue weighted by Crippen LogP contribution is -2.32. The van der Waals surface area contributed by atoms with Crippen LogP contribution in [-0.4, -0.2) is 17.4 Å². The van der Waals surface area contributed by atoms with Crippen molar-refractivity contribution >= 4 is 29.8 Å². The molecule has 1 aromatic rings. The summed E-state index contributed by atoms with van der Waals surface area (Å²) in [5.41, 5.74) is 1.34. The van der Waals surface area contributed by atoms with Gasteiger partial charge >= 0.3 is 0 Å². The third-order valence-electron chi connectivity index (χ3n) is 1.78. The molecule has 0 bridgehead atoms. The predicted octanol–water partition coefficient (Wildman–Crippen LogP) is 1.32. The maximum atomic E-state index is 2.25. The number of hydrogen-bond donors (Lipinski definition) is 0. The first kappa shape index (κ1) is 15.4. The van der Waals surface area contributed by atoms with Crippen molar-refractivity contribution in [1.82, 2.24) is 0 Å². The topological polar surface area (TPSA) is 3.88 Å². The summed E-state index contributed by atoms with van der Waals surface area (Å²) in [6.45, 7) is 5.50. The van der Waals surface area contributed by atoms with Crippen LogP contribution in [0.2, 0.25) is 0 Å². The summed E-state index contributed by atoms with van der Waals surface area (Å²) < 4.78 is 2.25. The Kier molecular flexibility index (Phi) is 10.2. The molecule has 0 saturated carbocycles. The van der Waals surface area contributed by atoms with Crippen molar-refractivity contribution in [3.63, 3.8) is 0 Å². The molecule has 0 N–H and O–H groups in total. The molecule has 0 atom stereocenters. The molecule has 1 rings (SSSR count). The van der Waals surface area contributed by atoms with Gasteiger partial charge in [-0.3, -0.25) is 0 Å². The van der Waals surface area contributed by atoms with E-state index >= 15 is 0 Å². The fourth-order valence-electron chi connectivity index (χ4n) is 1.13. The second kappa shape index (κ2) is 8.57. The summed E-state index contributed by atoms with van der Waals surface area (Å²) in [5.74, 6) is 0. The highest BCUT2D eigenvalue weighted by atomic mass is 35.5. The van der Waals surface area contributed by atoms with Gasteiger partial charge in [-0.1, -0.05) is 13.3 Å². The zero-order chi connectivity index (χ0) is 8.10. The molecule has 0 amide bonds. The van der Waals surface area contributed by atoms with Gasteiger partial charge in [0.2, 0.25) is 0 Å². The van der Waals surface area contributed by atoms with Gasteiger partial charge in [-0.2, -0.15) is 0 Å². The molecule has 13 heavy (non-hydrogen) atoms. The van der Waals surface area contributed by atoms with Crippen LogP contribution in [-0.2, 0) is 6.54 Å². The van der Waals surface area contributed by atoms with Gasteiger partial charge in [0.25, 0.3) is 0 Å². The Bertz CT molecular complexity index is 228. The van der Waals surface area contributed by atoms with Crippen LogP contribution in [0.15, 0.2) is 24.5 Å². The molecule has 0 aliphatic heterocycles. The molecule has 0 aliphatic carbocycles. The van der Waals surface area contributed by atoms with Crippen molar-refractivity contribution in [2.75, 3.05) is 0 Å². The van der Waals surface area contributed by atoms with Gasteiger partial charge in [0.15, 0.2) is 29.8 Å². The monoisotopic (exact) mass is 216 g/mol. The maximum absolute atomic E-state index is 2.25. The maximum Gasteiger partial charge on any atom is 0.187 e. The Balaban J connectivity index is 0. The van der Waals surface area contributed by atoms with E-state index in [9.17, 15) is 0 Å². The van der Waals surface area contributed by atoms with Gasteiger partial charge in [0, 0.05) is 18.1 Å². The van der Waals surface area contributed by atoms with Crippen molar-refractivity contribution in [3.8, 4) is 0 Å². The molecule has 0 aromatic carbocycles. The van der Waals surface area contributed by atoms with E-state index in [0.717, 1.165) is 6.54 Å². The Hall–Kier alpha value is -0.0275. The van der Waals surface area contributed by atoms with E-state index in [1.807, 2.05) is 0 Å². The van der Waals surface area contributed by atoms with Gasteiger partial charge in [-0.25, -0.2) is 4.57 Å². The van der Waals surface area contributed by atoms with Crippen LogP contribution >= 0.6 is 12.4 Å². The van der Waals surface area contributed by atoms with Crippen molar-refractivity contribution in [1.29, 1.82) is 0 Å². The summed E-state index contributed by atoms with van der Waals surface area (Å²) in [4.78, 5) is 0. The molecule has 1 nitrogen and oxygen atoms in total. The predicted molar refractivity (Wildman–Crippen MR) is 63.5 cm³/mol. The number of aromatic nitrogens is 1. The zero-order valence-corrected chi connectivity index (χ0v) is 8.60. The second-order valence-corrected chi connectivity index (χ2v) is 2.97. The number of halogens is 1. The van der Waals surface area contributed by atoms with Gasteiger partial charge in [0.1, 0.15) is 6.54 Å². The van der Waals surface area contributed by atoms with E-state index in [1.165, 1.54) is 18.4 Å². The lowest BCUT2D eigenvalue weighted by Gasteiger charge is -1.94. The van der Waals surface area contributed by atoms with Crippen molar-refractivity contribution in [2.45, 2.75) is 33.2 Å². The standard InChI is InChI=1S/C10H16N.Al.ClH.3H/c1-3-4-7-11-8-5-6-10(2)9-11;;;;;/h5-6,8-9H,3-4,7H2,1-2H3;;1H;;;/q+1;;;;;. The fourth-order valence-corrected chi connectivity index (χ4v) is 1.13. The summed E-state index contributed by atoms with van der Waals surface area (Å²) in [6.07, 6.45) is 6.85. The number of aryl methyl sites for hydroxylation is 2. The SMILES string of the molecule is CCCC[n+]1cccc(C)c1.Cl.[AlH3]. The number of unbranched alkanes of at least 4 members (excludes halogenated alkanes) is 1. The van der Waals surface area contributed by atoms with Crippen molar-refractivity contribution in [2.24, 2.45) is 0 Å². The Labute approximate surface area is 97.7 Å². The molecule has 74 valence electrons. The lowest BCUT2D eigenvalue weighted by molar-refractivity contribution is -0.697. The Morgan fingerprint density at radius 2 is 2.08 bits per heavy atom. The van der Waals surface area contributed by atoms with Gasteiger partial charge < -0.3 is 0 Å². The number of nitrogens with zero attached hydrogens (tertiary/aromatic N) is 1. The van der Waals surface area contributed by atoms with Gasteiger partial charge in [0.05, 0.1) is 0 Å². The van der Waals surface area contributed by atoms with E-state index in [-0.39, 0.29) is 29.8 Å². The van der Waals surface area contributed by atoms with Crippen LogP contribution in [0, 0.1) is 6.92 Å². The molecule has 1 heterocycles. The highest BCUT2D eigenvalue weighted by molar-refractivity contribution is 5.85. The molecule has 3 heteroatoms. The lowest BCUT2D eigenvalue weighted by atomic mass is 10.3. The summed E-state index contributed by atoms with van der Waals surface area (Å²) >= 11 is 0. The summed E-state index contributed by atoms with van der Waals surface area (Å²) in [5, 5.41) is 0. The van der Waals surface area contributed by atoms with E-state index in [4.69, 9.17) is 0 Å². The highest BCUT2D eigenvalue weighted by Crippen LogP contribution is 1.91. The minimum Gasteiger partial charge on any atom is -0.205 e. The first-order valence-corrected chi connectivity index (χ1v) is 4.28. The molecular formula is C10H20AlClN+. The van der Waals surface area contributed by atoms with Crippen LogP contribution in [0.1, 0.15) is 25.3 Å². The Morgan fingerprint density at radius 1 is 1.38 bits per heavy atom. The second-order valence-electron chi connectivity index (χ2n) is 2.97. The average Bonchev–Trinajstić information content (AvgIpc) is 2.01. The van der Waals surface area contributed by atoms with E-state index in [2.05, 4.69) is 42.9 Å². The van der Waals surface area contributed by atoms with E-state index in [1.54, 1.807) is 0 Å². The van der Waals surface area contributed by atoms with Gasteiger partial charge in [-0.15, -0.1) is 12.4 Å². The average molecular weight is 217 g/mol. The highest BCUT2D eigenvalue weighted by Gasteiger charge is 1.97.